The van der Waals surface area contributed by atoms with Gasteiger partial charge >= 0.3 is 13.5 Å². The van der Waals surface area contributed by atoms with Gasteiger partial charge in [-0.25, -0.2) is 0 Å². The number of hydrogen-bond acceptors (Lipinski definition) is 4. The first kappa shape index (κ1) is 13.4. The van der Waals surface area contributed by atoms with Gasteiger partial charge in [-0.15, -0.1) is 13.2 Å². The normalized spacial score (nSPS) is 11.4. The van der Waals surface area contributed by atoms with Crippen molar-refractivity contribution in [2.75, 3.05) is 0 Å². The van der Waals surface area contributed by atoms with Gasteiger partial charge in [-0.3, -0.25) is 5.10 Å². The molecule has 2 aromatic rings. The lowest BCUT2D eigenvalue weighted by Crippen LogP contribution is -2.30. The lowest BCUT2D eigenvalue weighted by molar-refractivity contribution is -0.274. The number of nitrogens with one attached hydrogen (secondary N) is 1. The minimum absolute atomic E-state index is 0.129. The lowest BCUT2D eigenvalue weighted by atomic mass is 9.79. The highest BCUT2D eigenvalue weighted by molar-refractivity contribution is 6.60. The van der Waals surface area contributed by atoms with Crippen LogP contribution in [0.1, 0.15) is 0 Å². The van der Waals surface area contributed by atoms with Gasteiger partial charge in [-0.2, -0.15) is 5.10 Å². The Balaban J connectivity index is 2.25. The fourth-order valence-corrected chi connectivity index (χ4v) is 1.55. The van der Waals surface area contributed by atoms with E-state index in [9.17, 15) is 13.2 Å². The summed E-state index contributed by atoms with van der Waals surface area (Å²) < 4.78 is 39.7. The number of nitrogens with zero attached hydrogens (tertiary/aromatic N) is 1. The van der Waals surface area contributed by atoms with Crippen LogP contribution in [0.5, 0.6) is 5.75 Å². The molecule has 0 radical (unpaired) electrons. The fourth-order valence-electron chi connectivity index (χ4n) is 1.55. The van der Waals surface area contributed by atoms with Crippen molar-refractivity contribution in [2.24, 2.45) is 0 Å². The van der Waals surface area contributed by atoms with Gasteiger partial charge in [0, 0.05) is 11.7 Å². The number of hydrogen-bond donors (Lipinski definition) is 3. The molecule has 9 heteroatoms. The molecule has 0 aliphatic carbocycles. The molecular weight excluding hydrogens is 264 g/mol. The monoisotopic (exact) mass is 272 g/mol. The first-order chi connectivity index (χ1) is 8.87. The van der Waals surface area contributed by atoms with Crippen molar-refractivity contribution in [3.8, 4) is 17.0 Å². The summed E-state index contributed by atoms with van der Waals surface area (Å²) in [5.41, 5.74) is 0.896. The third kappa shape index (κ3) is 3.27. The van der Waals surface area contributed by atoms with E-state index in [-0.39, 0.29) is 11.2 Å². The van der Waals surface area contributed by atoms with Crippen molar-refractivity contribution in [2.45, 2.75) is 6.36 Å². The molecule has 100 valence electrons. The summed E-state index contributed by atoms with van der Waals surface area (Å²) in [4.78, 5) is 0. The number of aromatic amines is 1. The number of benzene rings is 1. The smallest absolute Gasteiger partial charge is 0.423 e. The first-order valence-electron chi connectivity index (χ1n) is 5.12. The van der Waals surface area contributed by atoms with Gasteiger partial charge in [0.25, 0.3) is 0 Å². The Kier molecular flexibility index (Phi) is 3.49. The Bertz CT molecular complexity index is 554. The van der Waals surface area contributed by atoms with Crippen molar-refractivity contribution in [1.82, 2.24) is 10.2 Å². The molecule has 1 heterocycles. The molecule has 0 spiro atoms. The molecule has 2 rings (SSSR count). The maximum atomic E-state index is 12.0. The summed E-state index contributed by atoms with van der Waals surface area (Å²) in [6.45, 7) is 0. The average molecular weight is 272 g/mol. The number of aromatic nitrogens is 2. The zero-order valence-electron chi connectivity index (χ0n) is 9.35. The van der Waals surface area contributed by atoms with Crippen molar-refractivity contribution in [3.63, 3.8) is 0 Å². The average Bonchev–Trinajstić information content (AvgIpc) is 2.76. The molecular formula is C10H8BF3N2O3. The minimum Gasteiger partial charge on any atom is -0.423 e. The zero-order valence-corrected chi connectivity index (χ0v) is 9.35. The molecule has 0 fully saturated rings. The number of H-pyrrole nitrogens is 1. The van der Waals surface area contributed by atoms with E-state index in [1.807, 2.05) is 0 Å². The largest absolute Gasteiger partial charge is 0.573 e. The SMILES string of the molecule is OB(O)c1cn[nH]c1-c1ccc(OC(F)(F)F)cc1. The van der Waals surface area contributed by atoms with E-state index in [2.05, 4.69) is 14.9 Å². The van der Waals surface area contributed by atoms with Gasteiger partial charge in [-0.05, 0) is 29.8 Å². The quantitative estimate of drug-likeness (QED) is 0.717. The Morgan fingerprint density at radius 1 is 1.16 bits per heavy atom. The van der Waals surface area contributed by atoms with Crippen LogP contribution in [0.3, 0.4) is 0 Å². The molecule has 0 bridgehead atoms. The van der Waals surface area contributed by atoms with Crippen LogP contribution in [-0.2, 0) is 0 Å². The summed E-state index contributed by atoms with van der Waals surface area (Å²) in [5, 5.41) is 24.4. The van der Waals surface area contributed by atoms with E-state index in [0.29, 0.717) is 11.3 Å². The van der Waals surface area contributed by atoms with Crippen LogP contribution in [0.15, 0.2) is 30.5 Å². The van der Waals surface area contributed by atoms with Crippen LogP contribution in [-0.4, -0.2) is 33.7 Å². The predicted octanol–water partition coefficient (Wildman–Crippen LogP) is 0.655. The molecule has 3 N–H and O–H groups in total. The van der Waals surface area contributed by atoms with Gasteiger partial charge in [0.15, 0.2) is 0 Å². The first-order valence-corrected chi connectivity index (χ1v) is 5.12. The van der Waals surface area contributed by atoms with Crippen LogP contribution in [0.4, 0.5) is 13.2 Å². The van der Waals surface area contributed by atoms with Crippen molar-refractivity contribution < 1.29 is 28.0 Å². The number of halogens is 3. The molecule has 0 atom stereocenters. The highest BCUT2D eigenvalue weighted by Crippen LogP contribution is 2.25. The van der Waals surface area contributed by atoms with Crippen LogP contribution in [0.25, 0.3) is 11.3 Å². The second-order valence-corrected chi connectivity index (χ2v) is 3.65. The van der Waals surface area contributed by atoms with Gasteiger partial charge in [0.1, 0.15) is 5.75 Å². The Morgan fingerprint density at radius 3 is 2.32 bits per heavy atom. The minimum atomic E-state index is -4.75. The number of ether oxygens (including phenoxy) is 1. The van der Waals surface area contributed by atoms with Gasteiger partial charge in [0.2, 0.25) is 0 Å². The molecule has 1 aromatic carbocycles. The molecule has 0 saturated heterocycles. The molecule has 5 nitrogen and oxygen atoms in total. The van der Waals surface area contributed by atoms with E-state index in [1.54, 1.807) is 0 Å². The third-order valence-corrected chi connectivity index (χ3v) is 2.32. The fraction of sp³-hybridized carbons (Fsp3) is 0.100. The van der Waals surface area contributed by atoms with E-state index in [0.717, 1.165) is 12.1 Å². The number of alkyl halides is 3. The van der Waals surface area contributed by atoms with Crippen molar-refractivity contribution >= 4 is 12.6 Å². The standard InChI is InChI=1S/C10H8BF3N2O3/c12-10(13,14)19-7-3-1-6(2-4-7)9-8(11(17)18)5-15-16-9/h1-5,17-18H,(H,15,16). The summed E-state index contributed by atoms with van der Waals surface area (Å²) in [5.74, 6) is -0.359. The molecule has 1 aromatic heterocycles. The van der Waals surface area contributed by atoms with Crippen LogP contribution < -0.4 is 10.2 Å². The van der Waals surface area contributed by atoms with E-state index >= 15 is 0 Å². The van der Waals surface area contributed by atoms with Crippen molar-refractivity contribution in [1.29, 1.82) is 0 Å². The number of rotatable bonds is 3. The molecule has 19 heavy (non-hydrogen) atoms. The molecule has 0 amide bonds. The second-order valence-electron chi connectivity index (χ2n) is 3.65. The molecule has 0 saturated carbocycles. The van der Waals surface area contributed by atoms with Crippen LogP contribution in [0, 0.1) is 0 Å². The summed E-state index contributed by atoms with van der Waals surface area (Å²) in [6, 6.07) is 4.94. The van der Waals surface area contributed by atoms with Gasteiger partial charge in [-0.1, -0.05) is 0 Å². The van der Waals surface area contributed by atoms with Gasteiger partial charge in [0.05, 0.1) is 5.69 Å². The topological polar surface area (TPSA) is 78.4 Å². The molecule has 0 unspecified atom stereocenters. The van der Waals surface area contributed by atoms with Crippen LogP contribution in [0.2, 0.25) is 0 Å². The van der Waals surface area contributed by atoms with Gasteiger partial charge < -0.3 is 14.8 Å². The van der Waals surface area contributed by atoms with E-state index < -0.39 is 13.5 Å². The zero-order chi connectivity index (χ0) is 14.0. The van der Waals surface area contributed by atoms with E-state index in [4.69, 9.17) is 10.0 Å². The molecule has 0 aliphatic rings. The van der Waals surface area contributed by atoms with Crippen molar-refractivity contribution in [3.05, 3.63) is 30.5 Å². The van der Waals surface area contributed by atoms with Crippen LogP contribution >= 0.6 is 0 Å². The highest BCUT2D eigenvalue weighted by Gasteiger charge is 2.31. The Labute approximate surface area is 105 Å². The lowest BCUT2D eigenvalue weighted by Gasteiger charge is -2.09. The Morgan fingerprint density at radius 2 is 1.79 bits per heavy atom. The van der Waals surface area contributed by atoms with E-state index in [1.165, 1.54) is 18.3 Å². The highest BCUT2D eigenvalue weighted by atomic mass is 19.4. The third-order valence-electron chi connectivity index (χ3n) is 2.32. The second kappa shape index (κ2) is 4.94. The summed E-state index contributed by atoms with van der Waals surface area (Å²) in [6.07, 6.45) is -3.53. The molecule has 0 aliphatic heterocycles. The predicted molar refractivity (Wildman–Crippen MR) is 60.5 cm³/mol. The maximum Gasteiger partial charge on any atom is 0.573 e. The summed E-state index contributed by atoms with van der Waals surface area (Å²) in [7, 11) is -1.72. The Hall–Kier alpha value is -2.00. The summed E-state index contributed by atoms with van der Waals surface area (Å²) >= 11 is 0. The maximum absolute atomic E-state index is 12.0.